The lowest BCUT2D eigenvalue weighted by atomic mass is 9.85. The average molecular weight is 369 g/mol. The van der Waals surface area contributed by atoms with Crippen LogP contribution in [-0.4, -0.2) is 37.1 Å². The molecule has 1 amide bonds. The number of thiophene rings is 1. The molecule has 0 bridgehead atoms. The fraction of sp³-hybridized carbons (Fsp3) is 0.381. The number of hydrogen-bond acceptors (Lipinski definition) is 4. The Morgan fingerprint density at radius 3 is 2.92 bits per heavy atom. The van der Waals surface area contributed by atoms with Gasteiger partial charge in [0.05, 0.1) is 12.2 Å². The third kappa shape index (κ3) is 3.06. The monoisotopic (exact) mass is 369 g/mol. The van der Waals surface area contributed by atoms with E-state index in [0.29, 0.717) is 31.0 Å². The Bertz CT molecular complexity index is 805. The van der Waals surface area contributed by atoms with Gasteiger partial charge in [-0.3, -0.25) is 4.79 Å². The summed E-state index contributed by atoms with van der Waals surface area (Å²) in [6.07, 6.45) is 4.38. The van der Waals surface area contributed by atoms with Crippen LogP contribution < -0.4 is 4.74 Å². The molecule has 0 saturated carbocycles. The molecular formula is C21H23NO3S. The van der Waals surface area contributed by atoms with Crippen molar-refractivity contribution in [3.05, 3.63) is 64.4 Å². The summed E-state index contributed by atoms with van der Waals surface area (Å²) >= 11 is 1.79. The third-order valence-corrected chi connectivity index (χ3v) is 6.38. The first-order valence-corrected chi connectivity index (χ1v) is 9.94. The van der Waals surface area contributed by atoms with Crippen molar-refractivity contribution in [2.24, 2.45) is 0 Å². The molecule has 1 spiro atoms. The van der Waals surface area contributed by atoms with E-state index >= 15 is 0 Å². The van der Waals surface area contributed by atoms with Crippen molar-refractivity contribution in [3.8, 4) is 5.75 Å². The van der Waals surface area contributed by atoms with Gasteiger partial charge in [0.25, 0.3) is 5.91 Å². The number of piperidine rings is 1. The Kier molecular flexibility index (Phi) is 4.83. The zero-order chi connectivity index (χ0) is 18.0. The number of ether oxygens (including phenoxy) is 2. The van der Waals surface area contributed by atoms with Gasteiger partial charge >= 0.3 is 0 Å². The van der Waals surface area contributed by atoms with Gasteiger partial charge in [0, 0.05) is 18.0 Å². The van der Waals surface area contributed by atoms with Crippen LogP contribution in [0.3, 0.4) is 0 Å². The lowest BCUT2D eigenvalue weighted by Crippen LogP contribution is -2.47. The topological polar surface area (TPSA) is 38.8 Å². The molecule has 4 rings (SSSR count). The predicted molar refractivity (Wildman–Crippen MR) is 103 cm³/mol. The van der Waals surface area contributed by atoms with Crippen molar-refractivity contribution in [1.29, 1.82) is 0 Å². The molecule has 136 valence electrons. The molecule has 1 saturated heterocycles. The van der Waals surface area contributed by atoms with Crippen LogP contribution >= 0.6 is 11.3 Å². The molecule has 1 aromatic heterocycles. The van der Waals surface area contributed by atoms with Gasteiger partial charge in [0.15, 0.2) is 0 Å². The SMILES string of the molecule is C=CCOc1ccccc1C(=O)N1CCC2(CC1)OCCc1ccsc12. The zero-order valence-corrected chi connectivity index (χ0v) is 15.6. The second-order valence-electron chi connectivity index (χ2n) is 6.76. The molecule has 0 aliphatic carbocycles. The van der Waals surface area contributed by atoms with Crippen molar-refractivity contribution in [1.82, 2.24) is 4.90 Å². The maximum Gasteiger partial charge on any atom is 0.257 e. The summed E-state index contributed by atoms with van der Waals surface area (Å²) in [5, 5.41) is 2.16. The van der Waals surface area contributed by atoms with Crippen molar-refractivity contribution in [3.63, 3.8) is 0 Å². The standard InChI is InChI=1S/C21H23NO3S/c1-2-13-24-18-6-4-3-5-17(18)20(23)22-11-9-21(10-12-22)19-16(7-14-25-21)8-15-26-19/h2-6,8,15H,1,7,9-14H2. The number of fused-ring (bicyclic) bond motifs is 2. The van der Waals surface area contributed by atoms with Crippen LogP contribution in [0.25, 0.3) is 0 Å². The van der Waals surface area contributed by atoms with Gasteiger partial charge in [0.2, 0.25) is 0 Å². The first kappa shape index (κ1) is 17.3. The van der Waals surface area contributed by atoms with Crippen molar-refractivity contribution >= 4 is 17.2 Å². The lowest BCUT2D eigenvalue weighted by molar-refractivity contribution is -0.0906. The van der Waals surface area contributed by atoms with Gasteiger partial charge < -0.3 is 14.4 Å². The van der Waals surface area contributed by atoms with E-state index in [2.05, 4.69) is 18.0 Å². The largest absolute Gasteiger partial charge is 0.489 e. The smallest absolute Gasteiger partial charge is 0.257 e. The van der Waals surface area contributed by atoms with Crippen molar-refractivity contribution in [2.75, 3.05) is 26.3 Å². The number of hydrogen-bond donors (Lipinski definition) is 0. The Labute approximate surface area is 158 Å². The van der Waals surface area contributed by atoms with Gasteiger partial charge in [-0.25, -0.2) is 0 Å². The molecule has 0 N–H and O–H groups in total. The Morgan fingerprint density at radius 1 is 1.31 bits per heavy atom. The van der Waals surface area contributed by atoms with Crippen LogP contribution in [0.2, 0.25) is 0 Å². The Morgan fingerprint density at radius 2 is 2.12 bits per heavy atom. The summed E-state index contributed by atoms with van der Waals surface area (Å²) in [6, 6.07) is 9.65. The predicted octanol–water partition coefficient (Wildman–Crippen LogP) is 4.02. The zero-order valence-electron chi connectivity index (χ0n) is 14.8. The van der Waals surface area contributed by atoms with E-state index in [-0.39, 0.29) is 11.5 Å². The molecule has 1 fully saturated rings. The second kappa shape index (κ2) is 7.25. The van der Waals surface area contributed by atoms with Gasteiger partial charge in [-0.05, 0) is 48.4 Å². The molecule has 0 unspecified atom stereocenters. The Balaban J connectivity index is 1.49. The summed E-state index contributed by atoms with van der Waals surface area (Å²) < 4.78 is 11.9. The maximum absolute atomic E-state index is 13.0. The molecule has 26 heavy (non-hydrogen) atoms. The maximum atomic E-state index is 13.0. The second-order valence-corrected chi connectivity index (χ2v) is 7.67. The quantitative estimate of drug-likeness (QED) is 0.764. The van der Waals surface area contributed by atoms with Crippen molar-refractivity contribution in [2.45, 2.75) is 24.9 Å². The van der Waals surface area contributed by atoms with E-state index in [1.807, 2.05) is 29.2 Å². The molecule has 0 atom stereocenters. The first-order chi connectivity index (χ1) is 12.7. The van der Waals surface area contributed by atoms with Crippen LogP contribution in [0, 0.1) is 0 Å². The number of benzene rings is 1. The van der Waals surface area contributed by atoms with E-state index in [1.165, 1.54) is 10.4 Å². The van der Waals surface area contributed by atoms with E-state index in [0.717, 1.165) is 25.9 Å². The molecule has 3 heterocycles. The van der Waals surface area contributed by atoms with E-state index in [1.54, 1.807) is 17.4 Å². The summed E-state index contributed by atoms with van der Waals surface area (Å²) in [5.41, 5.74) is 1.84. The summed E-state index contributed by atoms with van der Waals surface area (Å²) in [4.78, 5) is 16.3. The van der Waals surface area contributed by atoms with E-state index < -0.39 is 0 Å². The van der Waals surface area contributed by atoms with Gasteiger partial charge in [-0.2, -0.15) is 0 Å². The van der Waals surface area contributed by atoms with Gasteiger partial charge in [0.1, 0.15) is 18.0 Å². The average Bonchev–Trinajstić information content (AvgIpc) is 3.17. The number of amides is 1. The fourth-order valence-electron chi connectivity index (χ4n) is 3.88. The fourth-order valence-corrected chi connectivity index (χ4v) is 5.05. The van der Waals surface area contributed by atoms with Crippen LogP contribution in [0.1, 0.15) is 33.6 Å². The van der Waals surface area contributed by atoms with Crippen LogP contribution in [-0.2, 0) is 16.8 Å². The summed E-state index contributed by atoms with van der Waals surface area (Å²) in [7, 11) is 0. The summed E-state index contributed by atoms with van der Waals surface area (Å²) in [6.45, 7) is 6.23. The number of rotatable bonds is 4. The van der Waals surface area contributed by atoms with Crippen LogP contribution in [0.15, 0.2) is 48.4 Å². The minimum absolute atomic E-state index is 0.0294. The minimum Gasteiger partial charge on any atom is -0.489 e. The van der Waals surface area contributed by atoms with Crippen LogP contribution in [0.4, 0.5) is 0 Å². The Hall–Kier alpha value is -2.11. The van der Waals surface area contributed by atoms with Crippen LogP contribution in [0.5, 0.6) is 5.75 Å². The highest BCUT2D eigenvalue weighted by atomic mass is 32.1. The highest BCUT2D eigenvalue weighted by Gasteiger charge is 2.42. The summed E-state index contributed by atoms with van der Waals surface area (Å²) in [5.74, 6) is 0.647. The van der Waals surface area contributed by atoms with E-state index in [9.17, 15) is 4.79 Å². The molecular weight excluding hydrogens is 346 g/mol. The molecule has 0 radical (unpaired) electrons. The minimum atomic E-state index is -0.197. The highest BCUT2D eigenvalue weighted by molar-refractivity contribution is 7.10. The highest BCUT2D eigenvalue weighted by Crippen LogP contribution is 2.44. The number of carbonyl (C=O) groups is 1. The van der Waals surface area contributed by atoms with Gasteiger partial charge in [-0.1, -0.05) is 24.8 Å². The van der Waals surface area contributed by atoms with E-state index in [4.69, 9.17) is 9.47 Å². The molecule has 1 aromatic carbocycles. The molecule has 2 aliphatic rings. The normalized spacial score (nSPS) is 18.4. The number of nitrogens with zero attached hydrogens (tertiary/aromatic N) is 1. The molecule has 4 nitrogen and oxygen atoms in total. The van der Waals surface area contributed by atoms with Gasteiger partial charge in [-0.15, -0.1) is 11.3 Å². The number of para-hydroxylation sites is 1. The molecule has 2 aromatic rings. The first-order valence-electron chi connectivity index (χ1n) is 9.06. The number of likely N-dealkylation sites (tertiary alicyclic amines) is 1. The lowest BCUT2D eigenvalue weighted by Gasteiger charge is -2.43. The van der Waals surface area contributed by atoms with Crippen molar-refractivity contribution < 1.29 is 14.3 Å². The number of carbonyl (C=O) groups excluding carboxylic acids is 1. The molecule has 5 heteroatoms. The molecule has 2 aliphatic heterocycles. The third-order valence-electron chi connectivity index (χ3n) is 5.24.